The maximum atomic E-state index is 11.8. The number of nitrogen functional groups attached to an aromatic ring is 1. The van der Waals surface area contributed by atoms with Crippen LogP contribution >= 0.6 is 15.9 Å². The third kappa shape index (κ3) is 3.29. The lowest BCUT2D eigenvalue weighted by Crippen LogP contribution is -2.23. The van der Waals surface area contributed by atoms with Crippen molar-refractivity contribution in [3.63, 3.8) is 0 Å². The Kier molecular flexibility index (Phi) is 4.62. The summed E-state index contributed by atoms with van der Waals surface area (Å²) in [6, 6.07) is 11.8. The first-order valence-corrected chi connectivity index (χ1v) is 12.2. The normalized spacial score (nSPS) is 16.8. The maximum absolute atomic E-state index is 11.8. The second-order valence-corrected chi connectivity index (χ2v) is 10.5. The topological polar surface area (TPSA) is 108 Å². The first-order valence-electron chi connectivity index (χ1n) is 9.57. The molecule has 30 heavy (non-hydrogen) atoms. The van der Waals surface area contributed by atoms with Gasteiger partial charge >= 0.3 is 0 Å². The highest BCUT2D eigenvalue weighted by Crippen LogP contribution is 2.37. The van der Waals surface area contributed by atoms with Gasteiger partial charge in [-0.05, 0) is 47.0 Å². The van der Waals surface area contributed by atoms with Crippen LogP contribution in [0.1, 0.15) is 24.5 Å². The number of anilines is 1. The number of benzene rings is 1. The van der Waals surface area contributed by atoms with Crippen LogP contribution in [0.15, 0.2) is 53.3 Å². The Bertz CT molecular complexity index is 1330. The highest BCUT2D eigenvalue weighted by Gasteiger charge is 2.29. The molecule has 3 aromatic heterocycles. The van der Waals surface area contributed by atoms with E-state index in [9.17, 15) is 8.42 Å². The zero-order valence-electron chi connectivity index (χ0n) is 15.9. The van der Waals surface area contributed by atoms with Crippen LogP contribution in [0.4, 0.5) is 5.82 Å². The van der Waals surface area contributed by atoms with Crippen molar-refractivity contribution < 1.29 is 8.42 Å². The molecule has 0 spiro atoms. The molecule has 1 aromatic carbocycles. The minimum absolute atomic E-state index is 0.0276. The number of hydrogen-bond acceptors (Lipinski definition) is 6. The molecule has 5 rings (SSSR count). The predicted molar refractivity (Wildman–Crippen MR) is 118 cm³/mol. The molecule has 0 radical (unpaired) electrons. The molecule has 0 bridgehead atoms. The van der Waals surface area contributed by atoms with Crippen molar-refractivity contribution in [1.29, 1.82) is 0 Å². The minimum atomic E-state index is -2.96. The SMILES string of the molecule is Nc1c(Br)c(C2CCS(=O)(=O)CC2)nc2c(-c3ccn(-c4ccccc4)n3)cnn12. The summed E-state index contributed by atoms with van der Waals surface area (Å²) in [4.78, 5) is 4.85. The zero-order chi connectivity index (χ0) is 20.9. The van der Waals surface area contributed by atoms with E-state index in [2.05, 4.69) is 26.1 Å². The molecule has 0 amide bonds. The molecule has 0 saturated carbocycles. The highest BCUT2D eigenvalue weighted by molar-refractivity contribution is 9.10. The highest BCUT2D eigenvalue weighted by atomic mass is 79.9. The summed E-state index contributed by atoms with van der Waals surface area (Å²) in [5, 5.41) is 9.08. The van der Waals surface area contributed by atoms with Crippen LogP contribution in [0.2, 0.25) is 0 Å². The summed E-state index contributed by atoms with van der Waals surface area (Å²) in [6.07, 6.45) is 4.67. The molecule has 0 unspecified atom stereocenters. The zero-order valence-corrected chi connectivity index (χ0v) is 18.3. The number of para-hydroxylation sites is 1. The fourth-order valence-corrected chi connectivity index (χ4v) is 5.89. The van der Waals surface area contributed by atoms with Gasteiger partial charge in [-0.3, -0.25) is 0 Å². The molecular formula is C20H19BrN6O2S. The van der Waals surface area contributed by atoms with E-state index < -0.39 is 9.84 Å². The van der Waals surface area contributed by atoms with Gasteiger partial charge in [0.25, 0.3) is 0 Å². The molecular weight excluding hydrogens is 468 g/mol. The van der Waals surface area contributed by atoms with Crippen LogP contribution in [-0.2, 0) is 9.84 Å². The van der Waals surface area contributed by atoms with E-state index in [1.807, 2.05) is 42.6 Å². The Morgan fingerprint density at radius 1 is 1.10 bits per heavy atom. The van der Waals surface area contributed by atoms with Crippen LogP contribution in [0.3, 0.4) is 0 Å². The van der Waals surface area contributed by atoms with Gasteiger partial charge in [-0.15, -0.1) is 0 Å². The number of hydrogen-bond donors (Lipinski definition) is 1. The van der Waals surface area contributed by atoms with E-state index in [0.29, 0.717) is 28.8 Å². The largest absolute Gasteiger partial charge is 0.383 e. The summed E-state index contributed by atoms with van der Waals surface area (Å²) < 4.78 is 27.7. The number of halogens is 1. The maximum Gasteiger partial charge on any atom is 0.167 e. The summed E-state index contributed by atoms with van der Waals surface area (Å²) in [5.74, 6) is 0.812. The second kappa shape index (κ2) is 7.21. The van der Waals surface area contributed by atoms with Crippen LogP contribution in [-0.4, -0.2) is 44.3 Å². The average Bonchev–Trinajstić information content (AvgIpc) is 3.39. The summed E-state index contributed by atoms with van der Waals surface area (Å²) in [7, 11) is -2.96. The molecule has 2 N–H and O–H groups in total. The van der Waals surface area contributed by atoms with Gasteiger partial charge < -0.3 is 5.73 Å². The van der Waals surface area contributed by atoms with Crippen molar-refractivity contribution in [2.45, 2.75) is 18.8 Å². The van der Waals surface area contributed by atoms with Gasteiger partial charge in [0.1, 0.15) is 15.7 Å². The lowest BCUT2D eigenvalue weighted by molar-refractivity contribution is 0.543. The molecule has 154 valence electrons. The molecule has 1 aliphatic heterocycles. The first-order chi connectivity index (χ1) is 14.4. The molecule has 1 fully saturated rings. The molecule has 0 atom stereocenters. The Balaban J connectivity index is 1.58. The Morgan fingerprint density at radius 3 is 2.57 bits per heavy atom. The van der Waals surface area contributed by atoms with Crippen LogP contribution < -0.4 is 5.73 Å². The number of rotatable bonds is 3. The first kappa shape index (κ1) is 19.3. The van der Waals surface area contributed by atoms with E-state index in [4.69, 9.17) is 10.7 Å². The molecule has 1 aliphatic rings. The van der Waals surface area contributed by atoms with Crippen LogP contribution in [0.25, 0.3) is 22.6 Å². The lowest BCUT2D eigenvalue weighted by atomic mass is 9.98. The van der Waals surface area contributed by atoms with Gasteiger partial charge in [0.05, 0.1) is 44.8 Å². The fourth-order valence-electron chi connectivity index (χ4n) is 3.82. The Morgan fingerprint density at radius 2 is 1.83 bits per heavy atom. The van der Waals surface area contributed by atoms with Crippen molar-refractivity contribution in [3.05, 3.63) is 59.0 Å². The van der Waals surface area contributed by atoms with Crippen molar-refractivity contribution >= 4 is 37.2 Å². The van der Waals surface area contributed by atoms with Crippen molar-refractivity contribution in [2.75, 3.05) is 17.2 Å². The molecule has 10 heteroatoms. The molecule has 1 saturated heterocycles. The summed E-state index contributed by atoms with van der Waals surface area (Å²) in [6.45, 7) is 0. The monoisotopic (exact) mass is 486 g/mol. The predicted octanol–water partition coefficient (Wildman–Crippen LogP) is 3.22. The summed E-state index contributed by atoms with van der Waals surface area (Å²) >= 11 is 3.55. The van der Waals surface area contributed by atoms with Gasteiger partial charge in [0.2, 0.25) is 0 Å². The number of nitrogens with two attached hydrogens (primary N) is 1. The van der Waals surface area contributed by atoms with Crippen LogP contribution in [0.5, 0.6) is 0 Å². The van der Waals surface area contributed by atoms with Gasteiger partial charge in [-0.25, -0.2) is 18.1 Å². The molecule has 4 aromatic rings. The minimum Gasteiger partial charge on any atom is -0.383 e. The van der Waals surface area contributed by atoms with E-state index in [-0.39, 0.29) is 17.4 Å². The van der Waals surface area contributed by atoms with Gasteiger partial charge in [-0.1, -0.05) is 18.2 Å². The smallest absolute Gasteiger partial charge is 0.167 e. The average molecular weight is 487 g/mol. The van der Waals surface area contributed by atoms with Crippen LogP contribution in [0, 0.1) is 0 Å². The third-order valence-corrected chi connectivity index (χ3v) is 8.00. The van der Waals surface area contributed by atoms with Crippen molar-refractivity contribution in [2.24, 2.45) is 0 Å². The lowest BCUT2D eigenvalue weighted by Gasteiger charge is -2.23. The van der Waals surface area contributed by atoms with E-state index in [0.717, 1.165) is 22.6 Å². The third-order valence-electron chi connectivity index (χ3n) is 5.48. The standard InChI is InChI=1S/C20H19BrN6O2S/c21-17-18(13-7-10-30(28,29)11-8-13)24-20-15(12-23-27(20)19(17)22)16-6-9-26(25-16)14-4-2-1-3-5-14/h1-6,9,12-13H,7-8,10-11,22H2. The van der Waals surface area contributed by atoms with E-state index in [1.54, 1.807) is 15.4 Å². The fraction of sp³-hybridized carbons (Fsp3) is 0.250. The molecule has 8 nitrogen and oxygen atoms in total. The Hall–Kier alpha value is -2.72. The van der Waals surface area contributed by atoms with Gasteiger partial charge in [0.15, 0.2) is 5.65 Å². The number of nitrogens with zero attached hydrogens (tertiary/aromatic N) is 5. The summed E-state index contributed by atoms with van der Waals surface area (Å²) in [5.41, 5.74) is 10.2. The Labute approximate surface area is 181 Å². The van der Waals surface area contributed by atoms with Gasteiger partial charge in [0, 0.05) is 12.1 Å². The number of aromatic nitrogens is 5. The quantitative estimate of drug-likeness (QED) is 0.476. The second-order valence-electron chi connectivity index (χ2n) is 7.40. The van der Waals surface area contributed by atoms with Crippen molar-refractivity contribution in [1.82, 2.24) is 24.4 Å². The molecule has 4 heterocycles. The van der Waals surface area contributed by atoms with Crippen molar-refractivity contribution in [3.8, 4) is 16.9 Å². The van der Waals surface area contributed by atoms with E-state index >= 15 is 0 Å². The number of fused-ring (bicyclic) bond motifs is 1. The van der Waals surface area contributed by atoms with E-state index in [1.165, 1.54) is 0 Å². The molecule has 0 aliphatic carbocycles. The van der Waals surface area contributed by atoms with Gasteiger partial charge in [-0.2, -0.15) is 14.7 Å². The number of sulfone groups is 1.